The first-order valence-electron chi connectivity index (χ1n) is 6.24. The normalized spacial score (nSPS) is 14.5. The van der Waals surface area contributed by atoms with Crippen LogP contribution in [0.15, 0.2) is 47.8 Å². The number of hydrogen-bond acceptors (Lipinski definition) is 4. The molecule has 0 bridgehead atoms. The van der Waals surface area contributed by atoms with Crippen LogP contribution in [0, 0.1) is 0 Å². The largest absolute Gasteiger partial charge is 0.480 e. The van der Waals surface area contributed by atoms with Crippen LogP contribution in [-0.4, -0.2) is 24.7 Å². The van der Waals surface area contributed by atoms with Crippen molar-refractivity contribution in [1.29, 1.82) is 0 Å². The molecule has 0 aliphatic rings. The third-order valence-corrected chi connectivity index (χ3v) is 5.69. The summed E-state index contributed by atoms with van der Waals surface area (Å²) in [4.78, 5) is 11.7. The summed E-state index contributed by atoms with van der Waals surface area (Å²) in [5.41, 5.74) is 0.765. The number of carboxylic acids is 1. The molecule has 112 valence electrons. The molecule has 0 aliphatic carbocycles. The van der Waals surface area contributed by atoms with Gasteiger partial charge in [0, 0.05) is 4.88 Å². The number of aliphatic carboxylic acids is 1. The Bertz CT molecular complexity index is 696. The molecule has 2 unspecified atom stereocenters. The fraction of sp³-hybridized carbons (Fsp3) is 0.214. The van der Waals surface area contributed by atoms with E-state index in [9.17, 15) is 13.2 Å². The molecule has 2 atom stereocenters. The fourth-order valence-corrected chi connectivity index (χ4v) is 3.73. The minimum atomic E-state index is -3.98. The van der Waals surface area contributed by atoms with Gasteiger partial charge in [-0.2, -0.15) is 0 Å². The summed E-state index contributed by atoms with van der Waals surface area (Å²) in [6, 6.07) is 12.1. The predicted molar refractivity (Wildman–Crippen MR) is 81.8 cm³/mol. The molecule has 21 heavy (non-hydrogen) atoms. The lowest BCUT2D eigenvalue weighted by atomic mass is 10.1. The Morgan fingerprint density at radius 2 is 1.86 bits per heavy atom. The number of sulfonamides is 1. The van der Waals surface area contributed by atoms with Gasteiger partial charge in [-0.1, -0.05) is 36.4 Å². The third-order valence-electron chi connectivity index (χ3n) is 3.06. The molecule has 0 aliphatic heterocycles. The molecular weight excluding hydrogens is 310 g/mol. The van der Waals surface area contributed by atoms with Gasteiger partial charge in [-0.15, -0.1) is 11.3 Å². The SMILES string of the molecule is CC(C(=O)O)S(=O)(=O)NC(c1ccccc1)c1cccs1. The zero-order valence-corrected chi connectivity index (χ0v) is 12.9. The monoisotopic (exact) mass is 325 g/mol. The fourth-order valence-electron chi connectivity index (χ4n) is 1.79. The van der Waals surface area contributed by atoms with Crippen molar-refractivity contribution >= 4 is 27.3 Å². The van der Waals surface area contributed by atoms with Gasteiger partial charge < -0.3 is 5.11 Å². The van der Waals surface area contributed by atoms with E-state index in [1.165, 1.54) is 11.3 Å². The van der Waals surface area contributed by atoms with Crippen LogP contribution in [0.5, 0.6) is 0 Å². The van der Waals surface area contributed by atoms with E-state index in [2.05, 4.69) is 4.72 Å². The average molecular weight is 325 g/mol. The highest BCUT2D eigenvalue weighted by Gasteiger charge is 2.31. The Morgan fingerprint density at radius 1 is 1.19 bits per heavy atom. The molecule has 0 fully saturated rings. The number of hydrogen-bond donors (Lipinski definition) is 2. The van der Waals surface area contributed by atoms with Gasteiger partial charge in [0.1, 0.15) is 0 Å². The van der Waals surface area contributed by atoms with Crippen molar-refractivity contribution in [3.05, 3.63) is 58.3 Å². The first-order chi connectivity index (χ1) is 9.92. The lowest BCUT2D eigenvalue weighted by Gasteiger charge is -2.19. The Hall–Kier alpha value is -1.70. The van der Waals surface area contributed by atoms with Gasteiger partial charge in [0.05, 0.1) is 6.04 Å². The summed E-state index contributed by atoms with van der Waals surface area (Å²) >= 11 is 1.41. The van der Waals surface area contributed by atoms with Gasteiger partial charge in [-0.05, 0) is 23.9 Å². The zero-order chi connectivity index (χ0) is 15.5. The topological polar surface area (TPSA) is 83.5 Å². The maximum Gasteiger partial charge on any atom is 0.323 e. The van der Waals surface area contributed by atoms with Crippen LogP contribution in [0.2, 0.25) is 0 Å². The summed E-state index contributed by atoms with van der Waals surface area (Å²) < 4.78 is 26.8. The smallest absolute Gasteiger partial charge is 0.323 e. The summed E-state index contributed by atoms with van der Waals surface area (Å²) in [7, 11) is -3.98. The second-order valence-electron chi connectivity index (χ2n) is 4.50. The minimum Gasteiger partial charge on any atom is -0.480 e. The Labute approximate surface area is 127 Å². The van der Waals surface area contributed by atoms with Crippen LogP contribution in [0.3, 0.4) is 0 Å². The van der Waals surface area contributed by atoms with Crippen molar-refractivity contribution in [2.45, 2.75) is 18.2 Å². The van der Waals surface area contributed by atoms with Gasteiger partial charge in [0.2, 0.25) is 10.0 Å². The number of carbonyl (C=O) groups is 1. The van der Waals surface area contributed by atoms with Crippen molar-refractivity contribution < 1.29 is 18.3 Å². The summed E-state index contributed by atoms with van der Waals surface area (Å²) in [6.07, 6.45) is 0. The third kappa shape index (κ3) is 3.69. The molecule has 5 nitrogen and oxygen atoms in total. The lowest BCUT2D eigenvalue weighted by Crippen LogP contribution is -2.39. The highest BCUT2D eigenvalue weighted by atomic mass is 32.2. The Kier molecular flexibility index (Phi) is 4.76. The molecule has 0 saturated heterocycles. The maximum atomic E-state index is 12.2. The van der Waals surface area contributed by atoms with Gasteiger partial charge in [-0.3, -0.25) is 4.79 Å². The molecular formula is C14H15NO4S2. The molecule has 2 N–H and O–H groups in total. The van der Waals surface area contributed by atoms with Crippen LogP contribution < -0.4 is 4.72 Å². The van der Waals surface area contributed by atoms with E-state index in [1.54, 1.807) is 12.1 Å². The molecule has 2 rings (SSSR count). The second kappa shape index (κ2) is 6.38. The van der Waals surface area contributed by atoms with E-state index < -0.39 is 27.3 Å². The molecule has 1 aromatic heterocycles. The van der Waals surface area contributed by atoms with Crippen molar-refractivity contribution in [2.24, 2.45) is 0 Å². The molecule has 7 heteroatoms. The summed E-state index contributed by atoms with van der Waals surface area (Å²) in [5.74, 6) is -1.37. The standard InChI is InChI=1S/C14H15NO4S2/c1-10(14(16)17)21(18,19)15-13(12-8-5-9-20-12)11-6-3-2-4-7-11/h2-10,13,15H,1H3,(H,16,17). The minimum absolute atomic E-state index is 0.585. The Morgan fingerprint density at radius 3 is 2.38 bits per heavy atom. The maximum absolute atomic E-state index is 12.2. The Balaban J connectivity index is 2.37. The summed E-state index contributed by atoms with van der Waals surface area (Å²) in [5, 5.41) is 9.25. The van der Waals surface area contributed by atoms with Gasteiger partial charge >= 0.3 is 5.97 Å². The van der Waals surface area contributed by atoms with Crippen LogP contribution in [0.25, 0.3) is 0 Å². The predicted octanol–water partition coefficient (Wildman–Crippen LogP) is 2.23. The van der Waals surface area contributed by atoms with Gasteiger partial charge in [0.15, 0.2) is 5.25 Å². The van der Waals surface area contributed by atoms with E-state index in [1.807, 2.05) is 35.7 Å². The van der Waals surface area contributed by atoms with Gasteiger partial charge in [0.25, 0.3) is 0 Å². The van der Waals surface area contributed by atoms with Crippen LogP contribution in [-0.2, 0) is 14.8 Å². The average Bonchev–Trinajstić information content (AvgIpc) is 2.98. The van der Waals surface area contributed by atoms with E-state index in [0.717, 1.165) is 17.4 Å². The van der Waals surface area contributed by atoms with E-state index in [4.69, 9.17) is 5.11 Å². The highest BCUT2D eigenvalue weighted by Crippen LogP contribution is 2.27. The first-order valence-corrected chi connectivity index (χ1v) is 8.66. The zero-order valence-electron chi connectivity index (χ0n) is 11.3. The number of thiophene rings is 1. The number of carboxylic acid groups (broad SMARTS) is 1. The van der Waals surface area contributed by atoms with E-state index >= 15 is 0 Å². The highest BCUT2D eigenvalue weighted by molar-refractivity contribution is 7.90. The molecule has 0 amide bonds. The summed E-state index contributed by atoms with van der Waals surface area (Å²) in [6.45, 7) is 1.15. The second-order valence-corrected chi connectivity index (χ2v) is 7.51. The molecule has 2 aromatic rings. The lowest BCUT2D eigenvalue weighted by molar-refractivity contribution is -0.136. The van der Waals surface area contributed by atoms with Gasteiger partial charge in [-0.25, -0.2) is 13.1 Å². The van der Waals surface area contributed by atoms with Crippen LogP contribution in [0.1, 0.15) is 23.4 Å². The van der Waals surface area contributed by atoms with E-state index in [-0.39, 0.29) is 0 Å². The molecule has 1 aromatic carbocycles. The van der Waals surface area contributed by atoms with Crippen molar-refractivity contribution in [3.63, 3.8) is 0 Å². The van der Waals surface area contributed by atoms with Crippen LogP contribution in [0.4, 0.5) is 0 Å². The van der Waals surface area contributed by atoms with E-state index in [0.29, 0.717) is 0 Å². The molecule has 0 radical (unpaired) electrons. The molecule has 0 spiro atoms. The van der Waals surface area contributed by atoms with Crippen molar-refractivity contribution in [2.75, 3.05) is 0 Å². The number of benzene rings is 1. The number of nitrogens with one attached hydrogen (secondary N) is 1. The first kappa shape index (κ1) is 15.7. The quantitative estimate of drug-likeness (QED) is 0.853. The molecule has 1 heterocycles. The number of rotatable bonds is 6. The van der Waals surface area contributed by atoms with Crippen molar-refractivity contribution in [1.82, 2.24) is 4.72 Å². The van der Waals surface area contributed by atoms with Crippen molar-refractivity contribution in [3.8, 4) is 0 Å². The molecule has 0 saturated carbocycles. The van der Waals surface area contributed by atoms with Crippen LogP contribution >= 0.6 is 11.3 Å².